The van der Waals surface area contributed by atoms with E-state index in [4.69, 9.17) is 5.73 Å². The highest BCUT2D eigenvalue weighted by Crippen LogP contribution is 2.20. The van der Waals surface area contributed by atoms with Crippen molar-refractivity contribution in [2.75, 3.05) is 6.54 Å². The maximum absolute atomic E-state index is 12.6. The lowest BCUT2D eigenvalue weighted by atomic mass is 10.0. The smallest absolute Gasteiger partial charge is 0.266 e. The standard InChI is InChI=1S/C17H20N4O2/c1-11-3-5-12(6-4-11)16(18)17(23)21-8-7-14-13(10-21)9-15(22)20(2)19-14/h3-6,9,16H,7-8,10,18H2,1-2H3. The number of nitrogens with zero attached hydrogens (tertiary/aromatic N) is 3. The van der Waals surface area contributed by atoms with E-state index in [1.807, 2.05) is 31.2 Å². The van der Waals surface area contributed by atoms with Gasteiger partial charge in [-0.1, -0.05) is 29.8 Å². The van der Waals surface area contributed by atoms with Gasteiger partial charge in [-0.3, -0.25) is 9.59 Å². The van der Waals surface area contributed by atoms with Crippen molar-refractivity contribution < 1.29 is 4.79 Å². The van der Waals surface area contributed by atoms with Gasteiger partial charge in [0.2, 0.25) is 5.91 Å². The molecule has 2 aromatic rings. The van der Waals surface area contributed by atoms with Crippen molar-refractivity contribution in [1.29, 1.82) is 0 Å². The van der Waals surface area contributed by atoms with Gasteiger partial charge in [-0.25, -0.2) is 4.68 Å². The van der Waals surface area contributed by atoms with Crippen LogP contribution in [0.4, 0.5) is 0 Å². The fourth-order valence-electron chi connectivity index (χ4n) is 2.79. The van der Waals surface area contributed by atoms with Crippen molar-refractivity contribution in [2.24, 2.45) is 12.8 Å². The van der Waals surface area contributed by atoms with E-state index < -0.39 is 6.04 Å². The molecule has 1 amide bonds. The number of amides is 1. The Hall–Kier alpha value is -2.47. The fourth-order valence-corrected chi connectivity index (χ4v) is 2.79. The van der Waals surface area contributed by atoms with Crippen LogP contribution >= 0.6 is 0 Å². The van der Waals surface area contributed by atoms with Crippen LogP contribution < -0.4 is 11.3 Å². The van der Waals surface area contributed by atoms with E-state index in [2.05, 4.69) is 5.10 Å². The van der Waals surface area contributed by atoms with Crippen LogP contribution in [0.25, 0.3) is 0 Å². The highest BCUT2D eigenvalue weighted by molar-refractivity contribution is 5.83. The van der Waals surface area contributed by atoms with Crippen molar-refractivity contribution in [3.05, 3.63) is 63.1 Å². The van der Waals surface area contributed by atoms with Crippen molar-refractivity contribution in [2.45, 2.75) is 25.9 Å². The third kappa shape index (κ3) is 3.03. The van der Waals surface area contributed by atoms with E-state index >= 15 is 0 Å². The summed E-state index contributed by atoms with van der Waals surface area (Å²) in [5.41, 5.74) is 9.57. The Balaban J connectivity index is 1.80. The van der Waals surface area contributed by atoms with E-state index in [9.17, 15) is 9.59 Å². The quantitative estimate of drug-likeness (QED) is 0.884. The monoisotopic (exact) mass is 312 g/mol. The van der Waals surface area contributed by atoms with E-state index in [0.29, 0.717) is 19.5 Å². The Labute approximate surface area is 134 Å². The summed E-state index contributed by atoms with van der Waals surface area (Å²) >= 11 is 0. The predicted molar refractivity (Wildman–Crippen MR) is 86.7 cm³/mol. The molecular formula is C17H20N4O2. The second kappa shape index (κ2) is 5.96. The highest BCUT2D eigenvalue weighted by atomic mass is 16.2. The molecule has 0 fully saturated rings. The molecular weight excluding hydrogens is 292 g/mol. The molecule has 2 N–H and O–H groups in total. The highest BCUT2D eigenvalue weighted by Gasteiger charge is 2.27. The molecule has 6 heteroatoms. The first kappa shape index (κ1) is 15.4. The molecule has 0 spiro atoms. The summed E-state index contributed by atoms with van der Waals surface area (Å²) in [5.74, 6) is -0.125. The van der Waals surface area contributed by atoms with Gasteiger partial charge in [0, 0.05) is 38.2 Å². The Morgan fingerprint density at radius 2 is 2.00 bits per heavy atom. The lowest BCUT2D eigenvalue weighted by molar-refractivity contribution is -0.133. The molecule has 120 valence electrons. The summed E-state index contributed by atoms with van der Waals surface area (Å²) in [6.45, 7) is 2.94. The van der Waals surface area contributed by atoms with Crippen LogP contribution in [0.5, 0.6) is 0 Å². The molecule has 1 unspecified atom stereocenters. The van der Waals surface area contributed by atoms with Gasteiger partial charge in [-0.15, -0.1) is 0 Å². The number of benzene rings is 1. The Morgan fingerprint density at radius 1 is 1.30 bits per heavy atom. The maximum Gasteiger partial charge on any atom is 0.266 e. The molecule has 3 rings (SSSR count). The van der Waals surface area contributed by atoms with E-state index in [-0.39, 0.29) is 11.5 Å². The average molecular weight is 312 g/mol. The summed E-state index contributed by atoms with van der Waals surface area (Å²) in [5, 5.41) is 4.25. The fraction of sp³-hybridized carbons (Fsp3) is 0.353. The first-order valence-electron chi connectivity index (χ1n) is 7.63. The molecule has 0 bridgehead atoms. The molecule has 1 aliphatic rings. The molecule has 23 heavy (non-hydrogen) atoms. The zero-order valence-electron chi connectivity index (χ0n) is 13.3. The number of nitrogens with two attached hydrogens (primary N) is 1. The predicted octanol–water partition coefficient (Wildman–Crippen LogP) is 0.673. The van der Waals surface area contributed by atoms with Crippen LogP contribution in [0.15, 0.2) is 35.1 Å². The lowest BCUT2D eigenvalue weighted by Gasteiger charge is -2.30. The van der Waals surface area contributed by atoms with Crippen molar-refractivity contribution in [3.63, 3.8) is 0 Å². The first-order valence-corrected chi connectivity index (χ1v) is 7.63. The number of fused-ring (bicyclic) bond motifs is 1. The number of carbonyl (C=O) groups excluding carboxylic acids is 1. The van der Waals surface area contributed by atoms with Crippen molar-refractivity contribution in [1.82, 2.24) is 14.7 Å². The molecule has 0 radical (unpaired) electrons. The molecule has 0 aliphatic carbocycles. The van der Waals surface area contributed by atoms with Gasteiger partial charge in [-0.05, 0) is 12.5 Å². The second-order valence-electron chi connectivity index (χ2n) is 5.98. The summed E-state index contributed by atoms with van der Waals surface area (Å²) in [4.78, 5) is 26.1. The van der Waals surface area contributed by atoms with Gasteiger partial charge in [0.05, 0.1) is 5.69 Å². The number of hydrogen-bond donors (Lipinski definition) is 1. The minimum absolute atomic E-state index is 0.125. The van der Waals surface area contributed by atoms with Gasteiger partial charge < -0.3 is 10.6 Å². The van der Waals surface area contributed by atoms with Gasteiger partial charge in [0.1, 0.15) is 6.04 Å². The maximum atomic E-state index is 12.6. The molecule has 0 saturated carbocycles. The summed E-state index contributed by atoms with van der Waals surface area (Å²) in [7, 11) is 1.63. The minimum Gasteiger partial charge on any atom is -0.336 e. The molecule has 6 nitrogen and oxygen atoms in total. The second-order valence-corrected chi connectivity index (χ2v) is 5.98. The first-order chi connectivity index (χ1) is 11.0. The zero-order chi connectivity index (χ0) is 16.6. The average Bonchev–Trinajstić information content (AvgIpc) is 2.55. The molecule has 1 aromatic carbocycles. The lowest BCUT2D eigenvalue weighted by Crippen LogP contribution is -2.42. The Bertz CT molecular complexity index is 795. The van der Waals surface area contributed by atoms with Crippen LogP contribution in [-0.4, -0.2) is 27.1 Å². The van der Waals surface area contributed by atoms with Crippen LogP contribution in [-0.2, 0) is 24.8 Å². The zero-order valence-corrected chi connectivity index (χ0v) is 13.3. The van der Waals surface area contributed by atoms with Crippen LogP contribution in [0.3, 0.4) is 0 Å². The summed E-state index contributed by atoms with van der Waals surface area (Å²) < 4.78 is 1.33. The number of aryl methyl sites for hydroxylation is 2. The molecule has 1 atom stereocenters. The summed E-state index contributed by atoms with van der Waals surface area (Å²) in [6.07, 6.45) is 0.635. The Morgan fingerprint density at radius 3 is 2.70 bits per heavy atom. The van der Waals surface area contributed by atoms with Gasteiger partial charge >= 0.3 is 0 Å². The third-order valence-corrected chi connectivity index (χ3v) is 4.25. The summed E-state index contributed by atoms with van der Waals surface area (Å²) in [6, 6.07) is 8.53. The van der Waals surface area contributed by atoms with Crippen LogP contribution in [0, 0.1) is 6.92 Å². The number of hydrogen-bond acceptors (Lipinski definition) is 4. The molecule has 2 heterocycles. The van der Waals surface area contributed by atoms with Gasteiger partial charge in [0.25, 0.3) is 5.56 Å². The molecule has 1 aromatic heterocycles. The number of carbonyl (C=O) groups is 1. The van der Waals surface area contributed by atoms with Crippen molar-refractivity contribution in [3.8, 4) is 0 Å². The van der Waals surface area contributed by atoms with E-state index in [1.165, 1.54) is 4.68 Å². The Kier molecular flexibility index (Phi) is 4.00. The van der Waals surface area contributed by atoms with Crippen LogP contribution in [0.2, 0.25) is 0 Å². The minimum atomic E-state index is -0.684. The largest absolute Gasteiger partial charge is 0.336 e. The third-order valence-electron chi connectivity index (χ3n) is 4.25. The molecule has 1 aliphatic heterocycles. The SMILES string of the molecule is Cc1ccc(C(N)C(=O)N2CCc3nn(C)c(=O)cc3C2)cc1. The molecule has 0 saturated heterocycles. The van der Waals surface area contributed by atoms with Gasteiger partial charge in [0.15, 0.2) is 0 Å². The normalized spacial score (nSPS) is 15.2. The van der Waals surface area contributed by atoms with Gasteiger partial charge in [-0.2, -0.15) is 5.10 Å². The van der Waals surface area contributed by atoms with E-state index in [0.717, 1.165) is 22.4 Å². The number of aromatic nitrogens is 2. The van der Waals surface area contributed by atoms with Crippen LogP contribution in [0.1, 0.15) is 28.4 Å². The van der Waals surface area contributed by atoms with E-state index in [1.54, 1.807) is 18.0 Å². The van der Waals surface area contributed by atoms with Crippen molar-refractivity contribution >= 4 is 5.91 Å². The topological polar surface area (TPSA) is 81.2 Å². The number of rotatable bonds is 2.